The van der Waals surface area contributed by atoms with Crippen molar-refractivity contribution in [3.05, 3.63) is 59.3 Å². The van der Waals surface area contributed by atoms with Gasteiger partial charge in [-0.15, -0.1) is 0 Å². The van der Waals surface area contributed by atoms with Gasteiger partial charge < -0.3 is 15.4 Å². The van der Waals surface area contributed by atoms with Crippen molar-refractivity contribution in [1.82, 2.24) is 20.5 Å². The van der Waals surface area contributed by atoms with Gasteiger partial charge in [-0.3, -0.25) is 14.5 Å². The van der Waals surface area contributed by atoms with Gasteiger partial charge in [0.1, 0.15) is 6.10 Å². The van der Waals surface area contributed by atoms with Crippen LogP contribution in [-0.2, 0) is 11.0 Å². The van der Waals surface area contributed by atoms with Crippen LogP contribution in [0, 0.1) is 6.92 Å². The van der Waals surface area contributed by atoms with Gasteiger partial charge in [0.25, 0.3) is 5.91 Å². The zero-order chi connectivity index (χ0) is 25.0. The predicted molar refractivity (Wildman–Crippen MR) is 123 cm³/mol. The molecule has 7 nitrogen and oxygen atoms in total. The standard InChI is InChI=1S/C25H29F3N4O3/c1-16-4-3-11-29-24(16)35-21-9-7-20(8-10-21)32-14-19(15-32)31-22(33)13-30-23(34)17-5-2-6-18(12-17)25(26,27)28/h2-6,11-12,19-21H,7-10,13-15H2,1H3,(H,30,34)(H,31,33). The van der Waals surface area contributed by atoms with Crippen LogP contribution in [0.4, 0.5) is 13.2 Å². The molecule has 0 unspecified atom stereocenters. The number of nitrogens with zero attached hydrogens (tertiary/aromatic N) is 2. The number of likely N-dealkylation sites (tertiary alicyclic amines) is 1. The number of amides is 2. The summed E-state index contributed by atoms with van der Waals surface area (Å²) in [5, 5.41) is 5.25. The summed E-state index contributed by atoms with van der Waals surface area (Å²) in [6.07, 6.45) is 1.31. The number of hydrogen-bond acceptors (Lipinski definition) is 5. The fraction of sp³-hybridized carbons (Fsp3) is 0.480. The lowest BCUT2D eigenvalue weighted by Crippen LogP contribution is -2.63. The van der Waals surface area contributed by atoms with Gasteiger partial charge in [-0.05, 0) is 56.9 Å². The topological polar surface area (TPSA) is 83.6 Å². The Morgan fingerprint density at radius 2 is 1.86 bits per heavy atom. The van der Waals surface area contributed by atoms with E-state index in [2.05, 4.69) is 20.5 Å². The van der Waals surface area contributed by atoms with Crippen molar-refractivity contribution in [2.24, 2.45) is 0 Å². The lowest BCUT2D eigenvalue weighted by atomic mass is 9.89. The second-order valence-corrected chi connectivity index (χ2v) is 9.15. The maximum Gasteiger partial charge on any atom is 0.416 e. The summed E-state index contributed by atoms with van der Waals surface area (Å²) in [4.78, 5) is 31.0. The quantitative estimate of drug-likeness (QED) is 0.622. The fourth-order valence-corrected chi connectivity index (χ4v) is 4.56. The van der Waals surface area contributed by atoms with E-state index in [1.165, 1.54) is 12.1 Å². The van der Waals surface area contributed by atoms with Crippen molar-refractivity contribution in [2.75, 3.05) is 19.6 Å². The maximum absolute atomic E-state index is 12.8. The molecule has 0 bridgehead atoms. The Morgan fingerprint density at radius 3 is 2.54 bits per heavy atom. The highest BCUT2D eigenvalue weighted by Gasteiger charge is 2.36. The minimum Gasteiger partial charge on any atom is -0.474 e. The molecule has 0 atom stereocenters. The number of aryl methyl sites for hydroxylation is 1. The number of pyridine rings is 1. The molecule has 2 amide bonds. The van der Waals surface area contributed by atoms with Gasteiger partial charge in [0, 0.05) is 36.5 Å². The molecular formula is C25H29F3N4O3. The van der Waals surface area contributed by atoms with Crippen molar-refractivity contribution >= 4 is 11.8 Å². The molecule has 1 aliphatic carbocycles. The first-order valence-corrected chi connectivity index (χ1v) is 11.8. The minimum atomic E-state index is -4.53. The Hall–Kier alpha value is -3.14. The van der Waals surface area contributed by atoms with E-state index in [1.54, 1.807) is 6.20 Å². The van der Waals surface area contributed by atoms with Gasteiger partial charge in [-0.25, -0.2) is 4.98 Å². The molecule has 2 N–H and O–H groups in total. The van der Waals surface area contributed by atoms with E-state index in [9.17, 15) is 22.8 Å². The van der Waals surface area contributed by atoms with E-state index < -0.39 is 17.6 Å². The molecule has 188 valence electrons. The first-order valence-electron chi connectivity index (χ1n) is 11.8. The van der Waals surface area contributed by atoms with Crippen LogP contribution in [0.2, 0.25) is 0 Å². The molecule has 1 saturated heterocycles. The van der Waals surface area contributed by atoms with Gasteiger partial charge in [0.2, 0.25) is 11.8 Å². The summed E-state index contributed by atoms with van der Waals surface area (Å²) in [5.74, 6) is -0.387. The zero-order valence-electron chi connectivity index (χ0n) is 19.5. The number of carbonyl (C=O) groups excluding carboxylic acids is 2. The molecule has 1 aliphatic heterocycles. The molecule has 2 fully saturated rings. The number of rotatable bonds is 7. The molecule has 2 aliphatic rings. The van der Waals surface area contributed by atoms with Crippen LogP contribution in [0.15, 0.2) is 42.6 Å². The lowest BCUT2D eigenvalue weighted by Gasteiger charge is -2.46. The Balaban J connectivity index is 1.14. The van der Waals surface area contributed by atoms with E-state index in [-0.39, 0.29) is 30.2 Å². The van der Waals surface area contributed by atoms with Crippen molar-refractivity contribution in [3.63, 3.8) is 0 Å². The number of benzene rings is 1. The zero-order valence-corrected chi connectivity index (χ0v) is 19.5. The van der Waals surface area contributed by atoms with Crippen molar-refractivity contribution in [2.45, 2.75) is 57.0 Å². The third-order valence-electron chi connectivity index (χ3n) is 6.54. The van der Waals surface area contributed by atoms with Crippen molar-refractivity contribution in [3.8, 4) is 5.88 Å². The fourth-order valence-electron chi connectivity index (χ4n) is 4.56. The average molecular weight is 491 g/mol. The van der Waals surface area contributed by atoms with E-state index in [0.29, 0.717) is 11.9 Å². The van der Waals surface area contributed by atoms with Crippen LogP contribution >= 0.6 is 0 Å². The molecule has 1 aromatic carbocycles. The molecule has 35 heavy (non-hydrogen) atoms. The van der Waals surface area contributed by atoms with E-state index in [0.717, 1.165) is 56.5 Å². The summed E-state index contributed by atoms with van der Waals surface area (Å²) >= 11 is 0. The normalized spacial score (nSPS) is 21.1. The van der Waals surface area contributed by atoms with Gasteiger partial charge in [0.05, 0.1) is 18.2 Å². The highest BCUT2D eigenvalue weighted by atomic mass is 19.4. The Kier molecular flexibility index (Phi) is 7.59. The number of hydrogen-bond donors (Lipinski definition) is 2. The molecular weight excluding hydrogens is 461 g/mol. The third-order valence-corrected chi connectivity index (χ3v) is 6.54. The Bertz CT molecular complexity index is 1050. The molecule has 2 heterocycles. The second-order valence-electron chi connectivity index (χ2n) is 9.15. The summed E-state index contributed by atoms with van der Waals surface area (Å²) < 4.78 is 44.5. The van der Waals surface area contributed by atoms with Crippen molar-refractivity contribution < 1.29 is 27.5 Å². The highest BCUT2D eigenvalue weighted by molar-refractivity contribution is 5.96. The number of ether oxygens (including phenoxy) is 1. The Labute approximate surface area is 202 Å². The van der Waals surface area contributed by atoms with Crippen LogP contribution in [0.1, 0.15) is 47.2 Å². The minimum absolute atomic E-state index is 0.00176. The molecule has 4 rings (SSSR count). The summed E-state index contributed by atoms with van der Waals surface area (Å²) in [5.41, 5.74) is -0.0150. The molecule has 1 saturated carbocycles. The SMILES string of the molecule is Cc1cccnc1OC1CCC(N2CC(NC(=O)CNC(=O)c3cccc(C(F)(F)F)c3)C2)CC1. The highest BCUT2D eigenvalue weighted by Crippen LogP contribution is 2.30. The summed E-state index contributed by atoms with van der Waals surface area (Å²) in [6.45, 7) is 3.17. The molecule has 10 heteroatoms. The predicted octanol–water partition coefficient (Wildman–Crippen LogP) is 3.33. The third kappa shape index (κ3) is 6.50. The molecule has 2 aromatic rings. The van der Waals surface area contributed by atoms with E-state index in [1.807, 2.05) is 19.1 Å². The second kappa shape index (κ2) is 10.6. The van der Waals surface area contributed by atoms with Gasteiger partial charge >= 0.3 is 6.18 Å². The van der Waals surface area contributed by atoms with Crippen LogP contribution in [0.25, 0.3) is 0 Å². The number of aromatic nitrogens is 1. The van der Waals surface area contributed by atoms with E-state index >= 15 is 0 Å². The van der Waals surface area contributed by atoms with Crippen LogP contribution < -0.4 is 15.4 Å². The summed E-state index contributed by atoms with van der Waals surface area (Å²) in [6, 6.07) is 8.44. The Morgan fingerprint density at radius 1 is 1.11 bits per heavy atom. The molecule has 0 spiro atoms. The van der Waals surface area contributed by atoms with Crippen LogP contribution in [0.3, 0.4) is 0 Å². The van der Waals surface area contributed by atoms with Crippen LogP contribution in [0.5, 0.6) is 5.88 Å². The smallest absolute Gasteiger partial charge is 0.416 e. The largest absolute Gasteiger partial charge is 0.474 e. The number of halogens is 3. The first kappa shape index (κ1) is 25.0. The maximum atomic E-state index is 12.8. The van der Waals surface area contributed by atoms with Crippen LogP contribution in [-0.4, -0.2) is 59.5 Å². The average Bonchev–Trinajstić information content (AvgIpc) is 2.81. The number of carbonyl (C=O) groups is 2. The first-order chi connectivity index (χ1) is 16.7. The van der Waals surface area contributed by atoms with E-state index in [4.69, 9.17) is 4.74 Å². The number of nitrogens with one attached hydrogen (secondary N) is 2. The number of alkyl halides is 3. The summed E-state index contributed by atoms with van der Waals surface area (Å²) in [7, 11) is 0. The lowest BCUT2D eigenvalue weighted by molar-refractivity contribution is -0.137. The van der Waals surface area contributed by atoms with Gasteiger partial charge in [-0.1, -0.05) is 12.1 Å². The van der Waals surface area contributed by atoms with Gasteiger partial charge in [0.15, 0.2) is 0 Å². The monoisotopic (exact) mass is 490 g/mol. The molecule has 0 radical (unpaired) electrons. The van der Waals surface area contributed by atoms with Gasteiger partial charge in [-0.2, -0.15) is 13.2 Å². The molecule has 1 aromatic heterocycles. The van der Waals surface area contributed by atoms with Crippen molar-refractivity contribution in [1.29, 1.82) is 0 Å².